The van der Waals surface area contributed by atoms with Gasteiger partial charge in [0.15, 0.2) is 0 Å². The summed E-state index contributed by atoms with van der Waals surface area (Å²) >= 11 is 0. The zero-order valence-electron chi connectivity index (χ0n) is 13.7. The van der Waals surface area contributed by atoms with Gasteiger partial charge in [-0.15, -0.1) is 0 Å². The molecular weight excluding hydrogens is 292 g/mol. The fourth-order valence-corrected chi connectivity index (χ4v) is 2.72. The molecule has 0 atom stereocenters. The molecule has 0 heterocycles. The zero-order chi connectivity index (χ0) is 16.8. The van der Waals surface area contributed by atoms with Crippen LogP contribution in [0.4, 0.5) is 0 Å². The van der Waals surface area contributed by atoms with Crippen LogP contribution in [-0.4, -0.2) is 5.11 Å². The number of phenols is 1. The molecule has 0 amide bonds. The number of para-hydroxylation sites is 1. The van der Waals surface area contributed by atoms with Crippen molar-refractivity contribution >= 4 is 10.8 Å². The molecule has 0 saturated heterocycles. The molecule has 0 radical (unpaired) electrons. The third-order valence-electron chi connectivity index (χ3n) is 4.00. The van der Waals surface area contributed by atoms with Gasteiger partial charge in [0.2, 0.25) is 0 Å². The highest BCUT2D eigenvalue weighted by atomic mass is 16.3. The second-order valence-electron chi connectivity index (χ2n) is 5.68. The average molecular weight is 312 g/mol. The van der Waals surface area contributed by atoms with Crippen molar-refractivity contribution in [1.82, 2.24) is 0 Å². The van der Waals surface area contributed by atoms with E-state index in [9.17, 15) is 5.11 Å². The van der Waals surface area contributed by atoms with Crippen molar-refractivity contribution in [2.45, 2.75) is 6.92 Å². The van der Waals surface area contributed by atoms with Gasteiger partial charge in [-0.25, -0.2) is 0 Å². The average Bonchev–Trinajstić information content (AvgIpc) is 2.64. The van der Waals surface area contributed by atoms with Gasteiger partial charge in [0.05, 0.1) is 0 Å². The van der Waals surface area contributed by atoms with Crippen LogP contribution in [0.1, 0.15) is 5.56 Å². The molecule has 0 aromatic heterocycles. The lowest BCUT2D eigenvalue weighted by Gasteiger charge is -2.02. The highest BCUT2D eigenvalue weighted by molar-refractivity contribution is 5.85. The first-order valence-electron chi connectivity index (χ1n) is 8.03. The van der Waals surface area contributed by atoms with E-state index in [-0.39, 0.29) is 0 Å². The summed E-state index contributed by atoms with van der Waals surface area (Å²) in [5.74, 6) is 0.328. The molecule has 0 saturated carbocycles. The van der Waals surface area contributed by atoms with Gasteiger partial charge in [-0.2, -0.15) is 0 Å². The van der Waals surface area contributed by atoms with E-state index in [1.54, 1.807) is 6.07 Å². The summed E-state index contributed by atoms with van der Waals surface area (Å²) < 4.78 is 0. The lowest BCUT2D eigenvalue weighted by atomic mass is 10.1. The Balaban J connectivity index is 0.000000143. The molecule has 4 aromatic carbocycles. The fourth-order valence-electron chi connectivity index (χ4n) is 2.72. The van der Waals surface area contributed by atoms with Crippen molar-refractivity contribution in [3.8, 4) is 16.9 Å². The minimum absolute atomic E-state index is 0.328. The Morgan fingerprint density at radius 2 is 1.21 bits per heavy atom. The number of hydrogen-bond acceptors (Lipinski definition) is 1. The third-order valence-corrected chi connectivity index (χ3v) is 4.00. The Hall–Kier alpha value is -3.06. The van der Waals surface area contributed by atoms with Gasteiger partial charge in [-0.3, -0.25) is 0 Å². The van der Waals surface area contributed by atoms with E-state index in [0.717, 1.165) is 11.1 Å². The van der Waals surface area contributed by atoms with Crippen LogP contribution >= 0.6 is 0 Å². The summed E-state index contributed by atoms with van der Waals surface area (Å²) in [6, 6.07) is 32.0. The van der Waals surface area contributed by atoms with E-state index < -0.39 is 0 Å². The van der Waals surface area contributed by atoms with Gasteiger partial charge in [-0.05, 0) is 34.9 Å². The van der Waals surface area contributed by atoms with Crippen LogP contribution in [0.3, 0.4) is 0 Å². The second kappa shape index (κ2) is 7.47. The topological polar surface area (TPSA) is 20.2 Å². The van der Waals surface area contributed by atoms with E-state index in [4.69, 9.17) is 0 Å². The molecule has 4 rings (SSSR count). The van der Waals surface area contributed by atoms with E-state index in [2.05, 4.69) is 49.4 Å². The zero-order valence-corrected chi connectivity index (χ0v) is 13.7. The highest BCUT2D eigenvalue weighted by Gasteiger charge is 2.00. The van der Waals surface area contributed by atoms with E-state index in [1.165, 1.54) is 16.3 Å². The summed E-state index contributed by atoms with van der Waals surface area (Å²) in [5.41, 5.74) is 3.27. The molecule has 0 bridgehead atoms. The second-order valence-corrected chi connectivity index (χ2v) is 5.68. The SMILES string of the molecule is Cc1cccc2ccccc12.Oc1ccccc1-c1ccccc1. The Labute approximate surface area is 142 Å². The Morgan fingerprint density at radius 1 is 0.583 bits per heavy atom. The molecule has 0 fully saturated rings. The number of aryl methyl sites for hydroxylation is 1. The van der Waals surface area contributed by atoms with Gasteiger partial charge in [0.25, 0.3) is 0 Å². The molecule has 0 aliphatic heterocycles. The van der Waals surface area contributed by atoms with Crippen molar-refractivity contribution in [3.63, 3.8) is 0 Å². The van der Waals surface area contributed by atoms with E-state index in [1.807, 2.05) is 48.5 Å². The molecule has 4 aromatic rings. The van der Waals surface area contributed by atoms with Gasteiger partial charge in [-0.1, -0.05) is 91.0 Å². The van der Waals surface area contributed by atoms with E-state index in [0.29, 0.717) is 5.75 Å². The van der Waals surface area contributed by atoms with Crippen LogP contribution in [0.15, 0.2) is 97.1 Å². The summed E-state index contributed by atoms with van der Waals surface area (Å²) in [7, 11) is 0. The Kier molecular flexibility index (Phi) is 4.93. The molecular formula is C23H20O. The molecule has 1 heteroatoms. The molecule has 0 aliphatic rings. The standard InChI is InChI=1S/C12H10O.C11H10/c13-12-9-5-4-8-11(12)10-6-2-1-3-7-10;1-9-5-4-7-10-6-2-3-8-11(9)10/h1-9,13H;2-8H,1H3. The Morgan fingerprint density at radius 3 is 1.96 bits per heavy atom. The smallest absolute Gasteiger partial charge is 0.123 e. The first kappa shape index (κ1) is 15.8. The third kappa shape index (κ3) is 3.64. The normalized spacial score (nSPS) is 10.0. The quantitative estimate of drug-likeness (QED) is 0.443. The molecule has 1 N–H and O–H groups in total. The maximum atomic E-state index is 9.56. The molecule has 1 nitrogen and oxygen atoms in total. The number of rotatable bonds is 1. The molecule has 0 unspecified atom stereocenters. The number of phenolic OH excluding ortho intramolecular Hbond substituents is 1. The number of benzene rings is 4. The lowest BCUT2D eigenvalue weighted by Crippen LogP contribution is -1.76. The summed E-state index contributed by atoms with van der Waals surface area (Å²) in [4.78, 5) is 0. The minimum atomic E-state index is 0.328. The van der Waals surface area contributed by atoms with Crippen molar-refractivity contribution in [3.05, 3.63) is 103 Å². The highest BCUT2D eigenvalue weighted by Crippen LogP contribution is 2.27. The van der Waals surface area contributed by atoms with Crippen molar-refractivity contribution in [2.24, 2.45) is 0 Å². The predicted octanol–water partition coefficient (Wildman–Crippen LogP) is 6.21. The monoisotopic (exact) mass is 312 g/mol. The van der Waals surface area contributed by atoms with Crippen LogP contribution in [-0.2, 0) is 0 Å². The Bertz CT molecular complexity index is 921. The first-order valence-corrected chi connectivity index (χ1v) is 8.03. The minimum Gasteiger partial charge on any atom is -0.507 e. The van der Waals surface area contributed by atoms with Gasteiger partial charge in [0.1, 0.15) is 5.75 Å². The van der Waals surface area contributed by atoms with Crippen LogP contribution in [0, 0.1) is 6.92 Å². The summed E-state index contributed by atoms with van der Waals surface area (Å²) in [6.07, 6.45) is 0. The van der Waals surface area contributed by atoms with Crippen LogP contribution in [0.5, 0.6) is 5.75 Å². The largest absolute Gasteiger partial charge is 0.507 e. The van der Waals surface area contributed by atoms with Crippen LogP contribution < -0.4 is 0 Å². The number of fused-ring (bicyclic) bond motifs is 1. The van der Waals surface area contributed by atoms with Gasteiger partial charge >= 0.3 is 0 Å². The van der Waals surface area contributed by atoms with Gasteiger partial charge < -0.3 is 5.11 Å². The van der Waals surface area contributed by atoms with Crippen molar-refractivity contribution in [2.75, 3.05) is 0 Å². The molecule has 24 heavy (non-hydrogen) atoms. The van der Waals surface area contributed by atoms with Gasteiger partial charge in [0, 0.05) is 5.56 Å². The first-order chi connectivity index (χ1) is 11.8. The number of hydrogen-bond donors (Lipinski definition) is 1. The van der Waals surface area contributed by atoms with Crippen molar-refractivity contribution in [1.29, 1.82) is 0 Å². The fraction of sp³-hybridized carbons (Fsp3) is 0.0435. The van der Waals surface area contributed by atoms with Crippen LogP contribution in [0.2, 0.25) is 0 Å². The molecule has 118 valence electrons. The summed E-state index contributed by atoms with van der Waals surface area (Å²) in [6.45, 7) is 2.14. The molecule has 0 spiro atoms. The lowest BCUT2D eigenvalue weighted by molar-refractivity contribution is 0.477. The number of aromatic hydroxyl groups is 1. The van der Waals surface area contributed by atoms with E-state index >= 15 is 0 Å². The van der Waals surface area contributed by atoms with Crippen LogP contribution in [0.25, 0.3) is 21.9 Å². The van der Waals surface area contributed by atoms with Crippen molar-refractivity contribution < 1.29 is 5.11 Å². The summed E-state index contributed by atoms with van der Waals surface area (Å²) in [5, 5.41) is 12.2. The maximum absolute atomic E-state index is 9.56. The molecule has 0 aliphatic carbocycles. The predicted molar refractivity (Wildman–Crippen MR) is 102 cm³/mol. The maximum Gasteiger partial charge on any atom is 0.123 e.